The van der Waals surface area contributed by atoms with Gasteiger partial charge in [0.25, 0.3) is 0 Å². The first-order valence-electron chi connectivity index (χ1n) is 4.40. The lowest BCUT2D eigenvalue weighted by molar-refractivity contribution is 0.102. The Kier molecular flexibility index (Phi) is 2.30. The second-order valence-electron chi connectivity index (χ2n) is 3.26. The van der Waals surface area contributed by atoms with Crippen molar-refractivity contribution in [3.05, 3.63) is 35.5 Å². The lowest BCUT2D eigenvalue weighted by atomic mass is 10.1. The van der Waals surface area contributed by atoms with Gasteiger partial charge in [-0.2, -0.15) is 0 Å². The Hall–Kier alpha value is -1.28. The Labute approximate surface area is 86.9 Å². The first kappa shape index (κ1) is 9.28. The lowest BCUT2D eigenvalue weighted by Crippen LogP contribution is -1.98. The van der Waals surface area contributed by atoms with Gasteiger partial charge < -0.3 is 4.98 Å². The van der Waals surface area contributed by atoms with E-state index >= 15 is 0 Å². The number of alkyl halides is 1. The van der Waals surface area contributed by atoms with Crippen LogP contribution in [0.25, 0.3) is 10.9 Å². The fourth-order valence-corrected chi connectivity index (χ4v) is 1.75. The summed E-state index contributed by atoms with van der Waals surface area (Å²) >= 11 is 5.52. The van der Waals surface area contributed by atoms with Crippen molar-refractivity contribution in [3.63, 3.8) is 0 Å². The highest BCUT2D eigenvalue weighted by molar-refractivity contribution is 6.32. The summed E-state index contributed by atoms with van der Waals surface area (Å²) in [4.78, 5) is 14.5. The molecular formula is C11H10ClNO. The van der Waals surface area contributed by atoms with Crippen molar-refractivity contribution >= 4 is 28.3 Å². The number of para-hydroxylation sites is 1. The summed E-state index contributed by atoms with van der Waals surface area (Å²) in [5.74, 6) is -0.00974. The second-order valence-corrected chi connectivity index (χ2v) is 3.52. The van der Waals surface area contributed by atoms with E-state index in [1.54, 1.807) is 6.20 Å². The van der Waals surface area contributed by atoms with Gasteiger partial charge in [-0.1, -0.05) is 18.2 Å². The predicted octanol–water partition coefficient (Wildman–Crippen LogP) is 2.90. The van der Waals surface area contributed by atoms with Gasteiger partial charge in [0.2, 0.25) is 0 Å². The number of aromatic amines is 1. The van der Waals surface area contributed by atoms with Crippen LogP contribution in [0.15, 0.2) is 24.4 Å². The van der Waals surface area contributed by atoms with E-state index in [-0.39, 0.29) is 11.7 Å². The number of benzene rings is 1. The van der Waals surface area contributed by atoms with Gasteiger partial charge in [-0.05, 0) is 12.5 Å². The molecule has 1 aromatic carbocycles. The molecule has 1 aromatic heterocycles. The van der Waals surface area contributed by atoms with E-state index in [2.05, 4.69) is 4.98 Å². The minimum absolute atomic E-state index is 0.0287. The normalized spacial score (nSPS) is 10.7. The minimum atomic E-state index is -0.0384. The summed E-state index contributed by atoms with van der Waals surface area (Å²) < 4.78 is 0. The van der Waals surface area contributed by atoms with Crippen LogP contribution in [0.2, 0.25) is 0 Å². The Balaban J connectivity index is 2.70. The van der Waals surface area contributed by atoms with Crippen LogP contribution in [0, 0.1) is 6.92 Å². The molecule has 0 aliphatic carbocycles. The maximum atomic E-state index is 11.4. The molecule has 0 aliphatic rings. The number of carbonyl (C=O) groups is 1. The topological polar surface area (TPSA) is 32.9 Å². The summed E-state index contributed by atoms with van der Waals surface area (Å²) in [5, 5.41) is 0.954. The molecule has 3 heteroatoms. The lowest BCUT2D eigenvalue weighted by Gasteiger charge is -1.96. The molecule has 0 atom stereocenters. The smallest absolute Gasteiger partial charge is 0.179 e. The molecule has 0 saturated carbocycles. The number of ketones is 1. The zero-order chi connectivity index (χ0) is 10.1. The molecular weight excluding hydrogens is 198 g/mol. The van der Waals surface area contributed by atoms with Gasteiger partial charge in [0.05, 0.1) is 5.88 Å². The number of Topliss-reactive ketones (excluding diaryl/α,β-unsaturated/α-hetero) is 1. The third-order valence-electron chi connectivity index (χ3n) is 2.35. The van der Waals surface area contributed by atoms with Gasteiger partial charge in [-0.25, -0.2) is 0 Å². The number of halogens is 1. The number of carbonyl (C=O) groups excluding carboxylic acids is 1. The highest BCUT2D eigenvalue weighted by Gasteiger charge is 2.10. The molecule has 0 saturated heterocycles. The van der Waals surface area contributed by atoms with E-state index in [1.807, 2.05) is 25.1 Å². The van der Waals surface area contributed by atoms with Crippen molar-refractivity contribution in [1.82, 2.24) is 4.98 Å². The highest BCUT2D eigenvalue weighted by atomic mass is 35.5. The van der Waals surface area contributed by atoms with Crippen LogP contribution in [0.3, 0.4) is 0 Å². The number of hydrogen-bond donors (Lipinski definition) is 1. The van der Waals surface area contributed by atoms with Gasteiger partial charge in [-0.3, -0.25) is 4.79 Å². The summed E-state index contributed by atoms with van der Waals surface area (Å²) in [6.07, 6.45) is 1.72. The average molecular weight is 208 g/mol. The van der Waals surface area contributed by atoms with Crippen LogP contribution in [-0.2, 0) is 0 Å². The molecule has 0 aliphatic heterocycles. The molecule has 14 heavy (non-hydrogen) atoms. The third kappa shape index (κ3) is 1.32. The second kappa shape index (κ2) is 3.46. The van der Waals surface area contributed by atoms with Crippen molar-refractivity contribution < 1.29 is 4.79 Å². The van der Waals surface area contributed by atoms with Crippen LogP contribution in [0.1, 0.15) is 15.9 Å². The van der Waals surface area contributed by atoms with Gasteiger partial charge in [0.15, 0.2) is 5.78 Å². The molecule has 0 unspecified atom stereocenters. The first-order chi connectivity index (χ1) is 6.74. The number of aryl methyl sites for hydroxylation is 1. The molecule has 2 aromatic rings. The van der Waals surface area contributed by atoms with Crippen molar-refractivity contribution in [3.8, 4) is 0 Å². The molecule has 1 heterocycles. The molecule has 0 amide bonds. The predicted molar refractivity (Wildman–Crippen MR) is 58.1 cm³/mol. The van der Waals surface area contributed by atoms with E-state index < -0.39 is 0 Å². The molecule has 1 N–H and O–H groups in total. The Bertz CT molecular complexity index is 487. The van der Waals surface area contributed by atoms with E-state index in [1.165, 1.54) is 0 Å². The van der Waals surface area contributed by atoms with E-state index in [4.69, 9.17) is 11.6 Å². The van der Waals surface area contributed by atoms with Crippen LogP contribution in [-0.4, -0.2) is 16.6 Å². The van der Waals surface area contributed by atoms with E-state index in [9.17, 15) is 4.79 Å². The Morgan fingerprint density at radius 2 is 2.29 bits per heavy atom. The van der Waals surface area contributed by atoms with Gasteiger partial charge >= 0.3 is 0 Å². The summed E-state index contributed by atoms with van der Waals surface area (Å²) in [6.45, 7) is 2.01. The van der Waals surface area contributed by atoms with Crippen molar-refractivity contribution in [2.75, 3.05) is 5.88 Å². The SMILES string of the molecule is Cc1cccc2c(C(=O)CCl)c[nH]c12. The van der Waals surface area contributed by atoms with Gasteiger partial charge in [0.1, 0.15) is 0 Å². The number of aromatic nitrogens is 1. The molecule has 0 bridgehead atoms. The molecule has 0 radical (unpaired) electrons. The van der Waals surface area contributed by atoms with Gasteiger partial charge in [-0.15, -0.1) is 11.6 Å². The quantitative estimate of drug-likeness (QED) is 0.596. The number of rotatable bonds is 2. The number of hydrogen-bond acceptors (Lipinski definition) is 1. The number of H-pyrrole nitrogens is 1. The average Bonchev–Trinajstić information content (AvgIpc) is 2.62. The highest BCUT2D eigenvalue weighted by Crippen LogP contribution is 2.21. The number of nitrogens with one attached hydrogen (secondary N) is 1. The zero-order valence-electron chi connectivity index (χ0n) is 7.80. The molecule has 0 spiro atoms. The van der Waals surface area contributed by atoms with Crippen LogP contribution in [0.4, 0.5) is 0 Å². The Morgan fingerprint density at radius 3 is 3.00 bits per heavy atom. The summed E-state index contributed by atoms with van der Waals surface area (Å²) in [6, 6.07) is 5.88. The van der Waals surface area contributed by atoms with Crippen molar-refractivity contribution in [1.29, 1.82) is 0 Å². The minimum Gasteiger partial charge on any atom is -0.360 e. The molecule has 0 fully saturated rings. The molecule has 72 valence electrons. The van der Waals surface area contributed by atoms with Crippen molar-refractivity contribution in [2.45, 2.75) is 6.92 Å². The van der Waals surface area contributed by atoms with Crippen molar-refractivity contribution in [2.24, 2.45) is 0 Å². The van der Waals surface area contributed by atoms with Crippen LogP contribution < -0.4 is 0 Å². The molecule has 2 nitrogen and oxygen atoms in total. The van der Waals surface area contributed by atoms with Crippen LogP contribution >= 0.6 is 11.6 Å². The van der Waals surface area contributed by atoms with E-state index in [0.717, 1.165) is 16.5 Å². The van der Waals surface area contributed by atoms with Crippen LogP contribution in [0.5, 0.6) is 0 Å². The zero-order valence-corrected chi connectivity index (χ0v) is 8.56. The monoisotopic (exact) mass is 207 g/mol. The van der Waals surface area contributed by atoms with Gasteiger partial charge in [0, 0.05) is 22.7 Å². The fraction of sp³-hybridized carbons (Fsp3) is 0.182. The summed E-state index contributed by atoms with van der Waals surface area (Å²) in [7, 11) is 0. The standard InChI is InChI=1S/C11H10ClNO/c1-7-3-2-4-8-9(10(14)5-12)6-13-11(7)8/h2-4,6,13H,5H2,1H3. The first-order valence-corrected chi connectivity index (χ1v) is 4.93. The summed E-state index contributed by atoms with van der Waals surface area (Å²) in [5.41, 5.74) is 2.83. The van der Waals surface area contributed by atoms with E-state index in [0.29, 0.717) is 5.56 Å². The maximum Gasteiger partial charge on any atom is 0.179 e. The largest absolute Gasteiger partial charge is 0.360 e. The number of fused-ring (bicyclic) bond motifs is 1. The molecule has 2 rings (SSSR count). The third-order valence-corrected chi connectivity index (χ3v) is 2.59. The maximum absolute atomic E-state index is 11.4. The Morgan fingerprint density at radius 1 is 1.50 bits per heavy atom. The fourth-order valence-electron chi connectivity index (χ4n) is 1.61.